The van der Waals surface area contributed by atoms with Gasteiger partial charge < -0.3 is 16.0 Å². The molecular formula is C37H46N6O2. The quantitative estimate of drug-likeness (QED) is 0.142. The van der Waals surface area contributed by atoms with Gasteiger partial charge in [0.15, 0.2) is 0 Å². The number of nitrogens with one attached hydrogen (secondary N) is 3. The van der Waals surface area contributed by atoms with Crippen LogP contribution in [0.5, 0.6) is 0 Å². The second kappa shape index (κ2) is 16.6. The first kappa shape index (κ1) is 32.0. The normalized spacial score (nSPS) is 18.4. The minimum atomic E-state index is -0.277. The van der Waals surface area contributed by atoms with E-state index in [1.54, 1.807) is 6.20 Å². The minimum Gasteiger partial charge on any atom is -0.352 e. The molecule has 1 saturated heterocycles. The van der Waals surface area contributed by atoms with Crippen LogP contribution in [0.2, 0.25) is 0 Å². The van der Waals surface area contributed by atoms with Gasteiger partial charge in [0.05, 0.1) is 18.2 Å². The number of hydrogen-bond acceptors (Lipinski definition) is 4. The molecule has 0 radical (unpaired) electrons. The van der Waals surface area contributed by atoms with Gasteiger partial charge in [-0.3, -0.25) is 14.4 Å². The first-order valence-corrected chi connectivity index (χ1v) is 16.4. The fourth-order valence-corrected chi connectivity index (χ4v) is 6.39. The van der Waals surface area contributed by atoms with Crippen molar-refractivity contribution in [1.82, 2.24) is 30.6 Å². The topological polar surface area (TPSA) is 91.3 Å². The second-order valence-electron chi connectivity index (χ2n) is 11.9. The van der Waals surface area contributed by atoms with Crippen molar-refractivity contribution >= 4 is 11.9 Å². The van der Waals surface area contributed by atoms with E-state index in [1.165, 1.54) is 19.3 Å². The Morgan fingerprint density at radius 2 is 1.47 bits per heavy atom. The number of nitrogens with zero attached hydrogens (tertiary/aromatic N) is 3. The van der Waals surface area contributed by atoms with Gasteiger partial charge in [0.2, 0.25) is 0 Å². The molecule has 5 rings (SSSR count). The van der Waals surface area contributed by atoms with Gasteiger partial charge in [0.25, 0.3) is 5.91 Å². The van der Waals surface area contributed by atoms with E-state index in [2.05, 4.69) is 81.4 Å². The lowest BCUT2D eigenvalue weighted by Crippen LogP contribution is -2.59. The zero-order valence-electron chi connectivity index (χ0n) is 26.2. The summed E-state index contributed by atoms with van der Waals surface area (Å²) in [6.07, 6.45) is 9.85. The molecule has 236 valence electrons. The van der Waals surface area contributed by atoms with Crippen molar-refractivity contribution in [3.05, 3.63) is 126 Å². The average molecular weight is 607 g/mol. The SMILES string of the molecule is CCCCCCCNC(=O)NC1CC(CNC(=O)c2ccccc2)C(n2cccn2)CN1C(c1ccccc1)c1ccccc1. The Labute approximate surface area is 267 Å². The highest BCUT2D eigenvalue weighted by atomic mass is 16.2. The fraction of sp³-hybridized carbons (Fsp3) is 0.378. The molecule has 3 atom stereocenters. The molecule has 0 spiro atoms. The van der Waals surface area contributed by atoms with E-state index in [9.17, 15) is 9.59 Å². The number of hydrogen-bond donors (Lipinski definition) is 3. The number of unbranched alkanes of at least 4 members (excludes halogenated alkanes) is 4. The number of rotatable bonds is 14. The summed E-state index contributed by atoms with van der Waals surface area (Å²) in [4.78, 5) is 28.8. The van der Waals surface area contributed by atoms with E-state index in [1.807, 2.05) is 59.4 Å². The first-order chi connectivity index (χ1) is 22.1. The molecule has 0 aliphatic carbocycles. The summed E-state index contributed by atoms with van der Waals surface area (Å²) in [5, 5.41) is 14.3. The van der Waals surface area contributed by atoms with Crippen LogP contribution < -0.4 is 16.0 Å². The lowest BCUT2D eigenvalue weighted by Gasteiger charge is -2.47. The number of piperidine rings is 1. The van der Waals surface area contributed by atoms with Crippen molar-refractivity contribution < 1.29 is 9.59 Å². The van der Waals surface area contributed by atoms with Gasteiger partial charge in [-0.15, -0.1) is 0 Å². The predicted molar refractivity (Wildman–Crippen MR) is 179 cm³/mol. The molecule has 0 bridgehead atoms. The molecule has 4 aromatic rings. The highest BCUT2D eigenvalue weighted by molar-refractivity contribution is 5.94. The summed E-state index contributed by atoms with van der Waals surface area (Å²) in [5.41, 5.74) is 2.94. The Hall–Kier alpha value is -4.43. The average Bonchev–Trinajstić information content (AvgIpc) is 3.62. The van der Waals surface area contributed by atoms with E-state index in [0.29, 0.717) is 31.6 Å². The molecule has 3 amide bonds. The molecule has 45 heavy (non-hydrogen) atoms. The molecule has 2 heterocycles. The maximum Gasteiger partial charge on any atom is 0.316 e. The fourth-order valence-electron chi connectivity index (χ4n) is 6.39. The third kappa shape index (κ3) is 8.82. The van der Waals surface area contributed by atoms with Crippen LogP contribution in [0.15, 0.2) is 109 Å². The Kier molecular flexibility index (Phi) is 11.8. The van der Waals surface area contributed by atoms with E-state index in [-0.39, 0.29) is 36.1 Å². The summed E-state index contributed by atoms with van der Waals surface area (Å²) >= 11 is 0. The van der Waals surface area contributed by atoms with Gasteiger partial charge in [-0.1, -0.05) is 111 Å². The van der Waals surface area contributed by atoms with Crippen molar-refractivity contribution in [3.8, 4) is 0 Å². The van der Waals surface area contributed by atoms with E-state index >= 15 is 0 Å². The smallest absolute Gasteiger partial charge is 0.316 e. The summed E-state index contributed by atoms with van der Waals surface area (Å²) in [7, 11) is 0. The summed E-state index contributed by atoms with van der Waals surface area (Å²) in [6, 6.07) is 31.9. The Morgan fingerprint density at radius 3 is 2.09 bits per heavy atom. The van der Waals surface area contributed by atoms with Gasteiger partial charge in [-0.25, -0.2) is 4.79 Å². The van der Waals surface area contributed by atoms with Crippen molar-refractivity contribution in [2.24, 2.45) is 5.92 Å². The zero-order valence-corrected chi connectivity index (χ0v) is 26.2. The van der Waals surface area contributed by atoms with Crippen LogP contribution in [-0.2, 0) is 0 Å². The zero-order chi connectivity index (χ0) is 31.3. The van der Waals surface area contributed by atoms with E-state index in [4.69, 9.17) is 0 Å². The highest BCUT2D eigenvalue weighted by Gasteiger charge is 2.41. The number of carbonyl (C=O) groups is 2. The molecule has 3 aromatic carbocycles. The minimum absolute atomic E-state index is 0.0225. The van der Waals surface area contributed by atoms with Gasteiger partial charge in [0.1, 0.15) is 0 Å². The van der Waals surface area contributed by atoms with Crippen LogP contribution in [0.25, 0.3) is 0 Å². The van der Waals surface area contributed by atoms with E-state index in [0.717, 1.165) is 24.0 Å². The number of likely N-dealkylation sites (tertiary alicyclic amines) is 1. The second-order valence-corrected chi connectivity index (χ2v) is 11.9. The first-order valence-electron chi connectivity index (χ1n) is 16.4. The number of carbonyl (C=O) groups excluding carboxylic acids is 2. The third-order valence-corrected chi connectivity index (χ3v) is 8.72. The Morgan fingerprint density at radius 1 is 0.822 bits per heavy atom. The maximum atomic E-state index is 13.4. The highest BCUT2D eigenvalue weighted by Crippen LogP contribution is 2.38. The lowest BCUT2D eigenvalue weighted by molar-refractivity contribution is 0.0266. The monoisotopic (exact) mass is 606 g/mol. The predicted octanol–water partition coefficient (Wildman–Crippen LogP) is 6.56. The number of amides is 3. The molecule has 1 fully saturated rings. The van der Waals surface area contributed by atoms with Crippen LogP contribution in [-0.4, -0.2) is 52.4 Å². The van der Waals surface area contributed by atoms with Crippen LogP contribution >= 0.6 is 0 Å². The van der Waals surface area contributed by atoms with Crippen molar-refractivity contribution in [1.29, 1.82) is 0 Å². The molecule has 1 aliphatic rings. The molecular weight excluding hydrogens is 560 g/mol. The number of aromatic nitrogens is 2. The van der Waals surface area contributed by atoms with Gasteiger partial charge in [0, 0.05) is 43.5 Å². The molecule has 0 saturated carbocycles. The standard InChI is InChI=1S/C37H46N6O2/c1-2-3-4-5-15-23-38-37(45)41-34-26-32(27-39-36(44)31-21-13-8-14-22-31)33(43-25-16-24-40-43)28-42(34)35(29-17-9-6-10-18-29)30-19-11-7-12-20-30/h6-14,16-22,24-25,32-35H,2-5,15,23,26-28H2,1H3,(H,39,44)(H2,38,41,45). The molecule has 8 heteroatoms. The molecule has 3 unspecified atom stereocenters. The van der Waals surface area contributed by atoms with Crippen LogP contribution in [0, 0.1) is 5.92 Å². The maximum absolute atomic E-state index is 13.4. The van der Waals surface area contributed by atoms with Gasteiger partial charge in [-0.2, -0.15) is 5.10 Å². The van der Waals surface area contributed by atoms with Crippen LogP contribution in [0.4, 0.5) is 4.79 Å². The molecule has 1 aromatic heterocycles. The summed E-state index contributed by atoms with van der Waals surface area (Å²) in [6.45, 7) is 3.95. The van der Waals surface area contributed by atoms with E-state index < -0.39 is 0 Å². The van der Waals surface area contributed by atoms with Crippen molar-refractivity contribution in [2.75, 3.05) is 19.6 Å². The lowest BCUT2D eigenvalue weighted by atomic mass is 9.86. The third-order valence-electron chi connectivity index (χ3n) is 8.72. The summed E-state index contributed by atoms with van der Waals surface area (Å²) < 4.78 is 2.01. The van der Waals surface area contributed by atoms with Crippen molar-refractivity contribution in [2.45, 2.75) is 63.7 Å². The molecule has 3 N–H and O–H groups in total. The van der Waals surface area contributed by atoms with Crippen LogP contribution in [0.3, 0.4) is 0 Å². The summed E-state index contributed by atoms with van der Waals surface area (Å²) in [5.74, 6) is -0.0747. The number of urea groups is 1. The van der Waals surface area contributed by atoms with Gasteiger partial charge >= 0.3 is 6.03 Å². The molecule has 8 nitrogen and oxygen atoms in total. The number of benzene rings is 3. The van der Waals surface area contributed by atoms with Gasteiger partial charge in [-0.05, 0) is 42.2 Å². The Balaban J connectivity index is 1.42. The van der Waals surface area contributed by atoms with Crippen LogP contribution in [0.1, 0.15) is 79.0 Å². The Bertz CT molecular complexity index is 1390. The largest absolute Gasteiger partial charge is 0.352 e. The van der Waals surface area contributed by atoms with Crippen molar-refractivity contribution in [3.63, 3.8) is 0 Å². The molecule has 1 aliphatic heterocycles.